The predicted octanol–water partition coefficient (Wildman–Crippen LogP) is 1.87. The van der Waals surface area contributed by atoms with E-state index in [9.17, 15) is 4.79 Å². The van der Waals surface area contributed by atoms with Crippen molar-refractivity contribution in [2.45, 2.75) is 6.42 Å². The van der Waals surface area contributed by atoms with Gasteiger partial charge < -0.3 is 20.1 Å². The van der Waals surface area contributed by atoms with Gasteiger partial charge in [-0.05, 0) is 36.2 Å². The summed E-state index contributed by atoms with van der Waals surface area (Å²) >= 11 is 0. The van der Waals surface area contributed by atoms with Crippen molar-refractivity contribution in [2.75, 3.05) is 32.6 Å². The van der Waals surface area contributed by atoms with Gasteiger partial charge in [0.15, 0.2) is 11.5 Å². The molecule has 6 nitrogen and oxygen atoms in total. The molecule has 0 aliphatic rings. The molecule has 0 atom stereocenters. The van der Waals surface area contributed by atoms with E-state index in [1.54, 1.807) is 20.4 Å². The highest BCUT2D eigenvalue weighted by atomic mass is 16.5. The van der Waals surface area contributed by atoms with Gasteiger partial charge in [0.1, 0.15) is 5.82 Å². The van der Waals surface area contributed by atoms with Gasteiger partial charge in [-0.25, -0.2) is 4.98 Å². The number of methoxy groups -OCH3 is 2. The molecule has 1 aromatic carbocycles. The van der Waals surface area contributed by atoms with Crippen LogP contribution in [0.5, 0.6) is 11.5 Å². The minimum atomic E-state index is -0.0730. The first-order chi connectivity index (χ1) is 11.2. The maximum absolute atomic E-state index is 11.8. The number of hydrogen-bond donors (Lipinski definition) is 2. The first kappa shape index (κ1) is 16.6. The molecule has 2 aromatic rings. The van der Waals surface area contributed by atoms with Gasteiger partial charge in [-0.15, -0.1) is 0 Å². The van der Waals surface area contributed by atoms with Crippen LogP contribution < -0.4 is 20.1 Å². The van der Waals surface area contributed by atoms with E-state index >= 15 is 0 Å². The lowest BCUT2D eigenvalue weighted by Gasteiger charge is -2.10. The number of rotatable bonds is 8. The lowest BCUT2D eigenvalue weighted by molar-refractivity contribution is -0.119. The van der Waals surface area contributed by atoms with E-state index in [1.165, 1.54) is 0 Å². The number of nitrogens with zero attached hydrogens (tertiary/aromatic N) is 1. The van der Waals surface area contributed by atoms with Crippen molar-refractivity contribution in [3.63, 3.8) is 0 Å². The maximum Gasteiger partial charge on any atom is 0.239 e. The van der Waals surface area contributed by atoms with Crippen LogP contribution in [-0.4, -0.2) is 38.2 Å². The summed E-state index contributed by atoms with van der Waals surface area (Å²) in [5.74, 6) is 1.99. The molecule has 2 rings (SSSR count). The van der Waals surface area contributed by atoms with E-state index in [0.717, 1.165) is 12.0 Å². The van der Waals surface area contributed by atoms with Crippen LogP contribution in [0.2, 0.25) is 0 Å². The lowest BCUT2D eigenvalue weighted by Crippen LogP contribution is -2.31. The number of carbonyl (C=O) groups is 1. The quantitative estimate of drug-likeness (QED) is 0.778. The molecule has 6 heteroatoms. The second-order valence-corrected chi connectivity index (χ2v) is 4.86. The van der Waals surface area contributed by atoms with Crippen molar-refractivity contribution in [2.24, 2.45) is 0 Å². The van der Waals surface area contributed by atoms with Crippen LogP contribution in [0.1, 0.15) is 5.56 Å². The predicted molar refractivity (Wildman–Crippen MR) is 89.0 cm³/mol. The van der Waals surface area contributed by atoms with Crippen LogP contribution in [0, 0.1) is 0 Å². The van der Waals surface area contributed by atoms with Crippen LogP contribution in [0.3, 0.4) is 0 Å². The Balaban J connectivity index is 1.75. The molecule has 0 aliphatic carbocycles. The molecule has 0 spiro atoms. The number of carbonyl (C=O) groups excluding carboxylic acids is 1. The first-order valence-electron chi connectivity index (χ1n) is 7.35. The van der Waals surface area contributed by atoms with Crippen LogP contribution >= 0.6 is 0 Å². The fourth-order valence-corrected chi connectivity index (χ4v) is 2.08. The van der Waals surface area contributed by atoms with E-state index in [0.29, 0.717) is 23.9 Å². The van der Waals surface area contributed by atoms with Crippen LogP contribution in [0.4, 0.5) is 5.82 Å². The van der Waals surface area contributed by atoms with Crippen LogP contribution in [0.15, 0.2) is 42.6 Å². The average Bonchev–Trinajstić information content (AvgIpc) is 2.60. The van der Waals surface area contributed by atoms with Crippen molar-refractivity contribution >= 4 is 11.7 Å². The fourth-order valence-electron chi connectivity index (χ4n) is 2.08. The molecule has 0 radical (unpaired) electrons. The zero-order valence-corrected chi connectivity index (χ0v) is 13.3. The van der Waals surface area contributed by atoms with Gasteiger partial charge in [0.2, 0.25) is 5.91 Å². The van der Waals surface area contributed by atoms with Gasteiger partial charge >= 0.3 is 0 Å². The molecule has 2 N–H and O–H groups in total. The number of ether oxygens (including phenoxy) is 2. The third-order valence-corrected chi connectivity index (χ3v) is 3.28. The lowest BCUT2D eigenvalue weighted by atomic mass is 10.1. The minimum Gasteiger partial charge on any atom is -0.493 e. The molecule has 0 bridgehead atoms. The van der Waals surface area contributed by atoms with Gasteiger partial charge in [-0.1, -0.05) is 12.1 Å². The summed E-state index contributed by atoms with van der Waals surface area (Å²) < 4.78 is 10.5. The van der Waals surface area contributed by atoms with Gasteiger partial charge in [0.05, 0.1) is 20.8 Å². The van der Waals surface area contributed by atoms with E-state index in [4.69, 9.17) is 9.47 Å². The molecule has 23 heavy (non-hydrogen) atoms. The Morgan fingerprint density at radius 1 is 1.13 bits per heavy atom. The number of pyridine rings is 1. The second kappa shape index (κ2) is 8.63. The smallest absolute Gasteiger partial charge is 0.239 e. The molecule has 0 unspecified atom stereocenters. The van der Waals surface area contributed by atoms with E-state index in [2.05, 4.69) is 15.6 Å². The summed E-state index contributed by atoms with van der Waals surface area (Å²) in [5, 5.41) is 5.83. The Labute approximate surface area is 135 Å². The van der Waals surface area contributed by atoms with Crippen molar-refractivity contribution in [1.29, 1.82) is 0 Å². The third kappa shape index (κ3) is 5.18. The molecule has 122 valence electrons. The van der Waals surface area contributed by atoms with Gasteiger partial charge in [-0.3, -0.25) is 4.79 Å². The van der Waals surface area contributed by atoms with Crippen LogP contribution in [0.25, 0.3) is 0 Å². The third-order valence-electron chi connectivity index (χ3n) is 3.28. The van der Waals surface area contributed by atoms with Gasteiger partial charge in [-0.2, -0.15) is 0 Å². The van der Waals surface area contributed by atoms with E-state index in [1.807, 2.05) is 36.4 Å². The fraction of sp³-hybridized carbons (Fsp3) is 0.294. The topological polar surface area (TPSA) is 72.5 Å². The minimum absolute atomic E-state index is 0.0730. The Morgan fingerprint density at radius 3 is 2.65 bits per heavy atom. The molecular formula is C17H21N3O3. The molecule has 0 aliphatic heterocycles. The van der Waals surface area contributed by atoms with Crippen molar-refractivity contribution in [3.8, 4) is 11.5 Å². The maximum atomic E-state index is 11.8. The molecule has 0 saturated heterocycles. The van der Waals surface area contributed by atoms with Crippen molar-refractivity contribution < 1.29 is 14.3 Å². The monoisotopic (exact) mass is 315 g/mol. The first-order valence-corrected chi connectivity index (χ1v) is 7.35. The molecule has 1 amide bonds. The molecule has 1 heterocycles. The molecule has 1 aromatic heterocycles. The largest absolute Gasteiger partial charge is 0.493 e. The Hall–Kier alpha value is -2.76. The zero-order valence-electron chi connectivity index (χ0n) is 13.3. The number of aromatic nitrogens is 1. The summed E-state index contributed by atoms with van der Waals surface area (Å²) in [4.78, 5) is 15.9. The summed E-state index contributed by atoms with van der Waals surface area (Å²) in [5.41, 5.74) is 1.07. The van der Waals surface area contributed by atoms with Gasteiger partial charge in [0, 0.05) is 12.7 Å². The van der Waals surface area contributed by atoms with Gasteiger partial charge in [0.25, 0.3) is 0 Å². The Bertz CT molecular complexity index is 632. The number of nitrogens with one attached hydrogen (secondary N) is 2. The molecular weight excluding hydrogens is 294 g/mol. The van der Waals surface area contributed by atoms with E-state index < -0.39 is 0 Å². The molecule has 0 fully saturated rings. The number of hydrogen-bond acceptors (Lipinski definition) is 5. The SMILES string of the molecule is COc1ccc(CCNC(=O)CNc2ccccn2)cc1OC. The normalized spacial score (nSPS) is 10.0. The van der Waals surface area contributed by atoms with E-state index in [-0.39, 0.29) is 12.5 Å². The van der Waals surface area contributed by atoms with Crippen molar-refractivity contribution in [3.05, 3.63) is 48.2 Å². The highest BCUT2D eigenvalue weighted by molar-refractivity contribution is 5.80. The summed E-state index contributed by atoms with van der Waals surface area (Å²) in [6.45, 7) is 0.751. The Kier molecular flexibility index (Phi) is 6.23. The second-order valence-electron chi connectivity index (χ2n) is 4.86. The summed E-state index contributed by atoms with van der Waals surface area (Å²) in [7, 11) is 3.21. The number of benzene rings is 1. The standard InChI is InChI=1S/C17H21N3O3/c1-22-14-7-6-13(11-15(14)23-2)8-10-19-17(21)12-20-16-5-3-4-9-18-16/h3-7,9,11H,8,10,12H2,1-2H3,(H,18,20)(H,19,21). The average molecular weight is 315 g/mol. The number of amides is 1. The Morgan fingerprint density at radius 2 is 1.96 bits per heavy atom. The van der Waals surface area contributed by atoms with Crippen LogP contribution in [-0.2, 0) is 11.2 Å². The van der Waals surface area contributed by atoms with Crippen molar-refractivity contribution in [1.82, 2.24) is 10.3 Å². The number of anilines is 1. The summed E-state index contributed by atoms with van der Waals surface area (Å²) in [6.07, 6.45) is 2.40. The zero-order chi connectivity index (χ0) is 16.5. The summed E-state index contributed by atoms with van der Waals surface area (Å²) in [6, 6.07) is 11.2. The highest BCUT2D eigenvalue weighted by Gasteiger charge is 2.05. The molecule has 0 saturated carbocycles. The highest BCUT2D eigenvalue weighted by Crippen LogP contribution is 2.27.